The molecule has 0 atom stereocenters. The van der Waals surface area contributed by atoms with Crippen LogP contribution in [0.1, 0.15) is 12.0 Å². The van der Waals surface area contributed by atoms with Crippen LogP contribution in [0.25, 0.3) is 11.4 Å². The largest absolute Gasteiger partial charge is 0.352 e. The van der Waals surface area contributed by atoms with Gasteiger partial charge in [0.15, 0.2) is 0 Å². The monoisotopic (exact) mass is 342 g/mol. The fraction of sp³-hybridized carbons (Fsp3) is 0.188. The predicted octanol–water partition coefficient (Wildman–Crippen LogP) is 2.09. The average Bonchev–Trinajstić information content (AvgIpc) is 3.09. The summed E-state index contributed by atoms with van der Waals surface area (Å²) in [6.45, 7) is 0.812. The average molecular weight is 343 g/mol. The van der Waals surface area contributed by atoms with Gasteiger partial charge in [-0.3, -0.25) is 9.78 Å². The molecule has 0 bridgehead atoms. The molecule has 3 aromatic rings. The first-order valence-corrected chi connectivity index (χ1v) is 7.78. The third kappa shape index (κ3) is 4.36. The van der Waals surface area contributed by atoms with Gasteiger partial charge in [-0.05, 0) is 41.1 Å². The smallest absolute Gasteiger partial charge is 0.222 e. The molecule has 0 radical (unpaired) electrons. The number of carbonyl (C=O) groups excluding carboxylic acids is 1. The highest BCUT2D eigenvalue weighted by Crippen LogP contribution is 2.16. The maximum Gasteiger partial charge on any atom is 0.222 e. The van der Waals surface area contributed by atoms with E-state index in [1.54, 1.807) is 24.5 Å². The van der Waals surface area contributed by atoms with Crippen LogP contribution in [-0.4, -0.2) is 31.1 Å². The van der Waals surface area contributed by atoms with Crippen molar-refractivity contribution in [3.05, 3.63) is 59.4 Å². The zero-order valence-corrected chi connectivity index (χ0v) is 13.5. The molecule has 0 unspecified atom stereocenters. The van der Waals surface area contributed by atoms with Gasteiger partial charge < -0.3 is 5.32 Å². The van der Waals surface area contributed by atoms with Crippen molar-refractivity contribution in [2.45, 2.75) is 19.5 Å². The Hall–Kier alpha value is -2.80. The van der Waals surface area contributed by atoms with Gasteiger partial charge in [0.25, 0.3) is 0 Å². The highest BCUT2D eigenvalue weighted by Gasteiger charge is 2.08. The van der Waals surface area contributed by atoms with Crippen LogP contribution in [-0.2, 0) is 17.9 Å². The van der Waals surface area contributed by atoms with Crippen molar-refractivity contribution in [1.29, 1.82) is 0 Å². The molecular formula is C16H15ClN6O. The number of aryl methyl sites for hydroxylation is 1. The van der Waals surface area contributed by atoms with Crippen LogP contribution in [0, 0.1) is 0 Å². The summed E-state index contributed by atoms with van der Waals surface area (Å²) in [6, 6.07) is 10.9. The van der Waals surface area contributed by atoms with Gasteiger partial charge in [0.2, 0.25) is 11.7 Å². The summed E-state index contributed by atoms with van der Waals surface area (Å²) in [5, 5.41) is 15.7. The lowest BCUT2D eigenvalue weighted by Gasteiger charge is -2.04. The number of hydrogen-bond donors (Lipinski definition) is 1. The van der Waals surface area contributed by atoms with Crippen LogP contribution >= 0.6 is 11.6 Å². The van der Waals surface area contributed by atoms with Crippen molar-refractivity contribution in [1.82, 2.24) is 30.5 Å². The number of benzene rings is 1. The summed E-state index contributed by atoms with van der Waals surface area (Å²) in [5.41, 5.74) is 1.78. The second-order valence-corrected chi connectivity index (χ2v) is 5.54. The summed E-state index contributed by atoms with van der Waals surface area (Å²) in [4.78, 5) is 17.3. The number of nitrogens with zero attached hydrogens (tertiary/aromatic N) is 5. The van der Waals surface area contributed by atoms with Crippen LogP contribution in [0.15, 0.2) is 48.8 Å². The lowest BCUT2D eigenvalue weighted by molar-refractivity contribution is -0.121. The molecule has 2 aromatic heterocycles. The fourth-order valence-corrected chi connectivity index (χ4v) is 2.17. The predicted molar refractivity (Wildman–Crippen MR) is 89.0 cm³/mol. The third-order valence-corrected chi connectivity index (χ3v) is 3.56. The first kappa shape index (κ1) is 16.1. The van der Waals surface area contributed by atoms with Crippen molar-refractivity contribution in [3.63, 3.8) is 0 Å². The molecule has 0 fully saturated rings. The Labute approximate surface area is 143 Å². The molecule has 0 saturated carbocycles. The molecule has 1 amide bonds. The summed E-state index contributed by atoms with van der Waals surface area (Å²) in [5.74, 6) is 0.423. The highest BCUT2D eigenvalue weighted by molar-refractivity contribution is 6.30. The molecule has 0 spiro atoms. The molecular weight excluding hydrogens is 328 g/mol. The second kappa shape index (κ2) is 7.65. The van der Waals surface area contributed by atoms with E-state index in [0.29, 0.717) is 23.9 Å². The Kier molecular flexibility index (Phi) is 5.12. The number of tetrazole rings is 1. The number of pyridine rings is 1. The van der Waals surface area contributed by atoms with Gasteiger partial charge >= 0.3 is 0 Å². The Morgan fingerprint density at radius 3 is 2.79 bits per heavy atom. The number of rotatable bonds is 6. The van der Waals surface area contributed by atoms with Crippen LogP contribution in [0.2, 0.25) is 5.02 Å². The van der Waals surface area contributed by atoms with Crippen molar-refractivity contribution >= 4 is 17.5 Å². The van der Waals surface area contributed by atoms with E-state index in [4.69, 9.17) is 11.6 Å². The fourth-order valence-electron chi connectivity index (χ4n) is 2.05. The first-order chi connectivity index (χ1) is 11.7. The molecule has 8 heteroatoms. The number of hydrogen-bond acceptors (Lipinski definition) is 5. The van der Waals surface area contributed by atoms with Crippen LogP contribution in [0.4, 0.5) is 0 Å². The quantitative estimate of drug-likeness (QED) is 0.741. The standard InChI is InChI=1S/C16H15ClN6O/c17-14-5-3-13(4-6-14)16-20-22-23(21-16)9-7-15(24)19-11-12-2-1-8-18-10-12/h1-6,8,10H,7,9,11H2,(H,19,24). The Morgan fingerprint density at radius 1 is 1.21 bits per heavy atom. The molecule has 2 heterocycles. The number of carbonyl (C=O) groups is 1. The molecule has 3 rings (SSSR count). The molecule has 0 aliphatic carbocycles. The van der Waals surface area contributed by atoms with Crippen molar-refractivity contribution in [2.24, 2.45) is 0 Å². The topological polar surface area (TPSA) is 85.6 Å². The Bertz CT molecular complexity index is 803. The van der Waals surface area contributed by atoms with Gasteiger partial charge in [-0.1, -0.05) is 17.7 Å². The lowest BCUT2D eigenvalue weighted by Crippen LogP contribution is -2.24. The summed E-state index contributed by atoms with van der Waals surface area (Å²) in [6.07, 6.45) is 3.69. The van der Waals surface area contributed by atoms with E-state index < -0.39 is 0 Å². The van der Waals surface area contributed by atoms with Crippen molar-refractivity contribution in [2.75, 3.05) is 0 Å². The van der Waals surface area contributed by atoms with Crippen molar-refractivity contribution in [3.8, 4) is 11.4 Å². The normalized spacial score (nSPS) is 10.5. The van der Waals surface area contributed by atoms with E-state index in [0.717, 1.165) is 11.1 Å². The molecule has 0 saturated heterocycles. The summed E-state index contributed by atoms with van der Waals surface area (Å²) < 4.78 is 0. The van der Waals surface area contributed by atoms with Crippen LogP contribution in [0.3, 0.4) is 0 Å². The van der Waals surface area contributed by atoms with Crippen LogP contribution < -0.4 is 5.32 Å². The van der Waals surface area contributed by atoms with E-state index >= 15 is 0 Å². The minimum atomic E-state index is -0.0794. The second-order valence-electron chi connectivity index (χ2n) is 5.10. The zero-order chi connectivity index (χ0) is 16.8. The molecule has 1 aromatic carbocycles. The summed E-state index contributed by atoms with van der Waals surface area (Å²) in [7, 11) is 0. The van der Waals surface area contributed by atoms with Gasteiger partial charge in [0, 0.05) is 35.9 Å². The Morgan fingerprint density at radius 2 is 2.04 bits per heavy atom. The lowest BCUT2D eigenvalue weighted by atomic mass is 10.2. The van der Waals surface area contributed by atoms with Crippen LogP contribution in [0.5, 0.6) is 0 Å². The zero-order valence-electron chi connectivity index (χ0n) is 12.8. The van der Waals surface area contributed by atoms with E-state index in [1.807, 2.05) is 24.3 Å². The number of amides is 1. The number of halogens is 1. The number of nitrogens with one attached hydrogen (secondary N) is 1. The van der Waals surface area contributed by atoms with E-state index in [9.17, 15) is 4.79 Å². The van der Waals surface area contributed by atoms with Gasteiger partial charge in [0.1, 0.15) is 0 Å². The number of aromatic nitrogens is 5. The molecule has 7 nitrogen and oxygen atoms in total. The van der Waals surface area contributed by atoms with Gasteiger partial charge in [-0.25, -0.2) is 0 Å². The molecule has 24 heavy (non-hydrogen) atoms. The Balaban J connectivity index is 1.50. The maximum absolute atomic E-state index is 11.9. The minimum absolute atomic E-state index is 0.0794. The van der Waals surface area contributed by atoms with Gasteiger partial charge in [0.05, 0.1) is 6.54 Å². The van der Waals surface area contributed by atoms with Gasteiger partial charge in [-0.15, -0.1) is 10.2 Å². The first-order valence-electron chi connectivity index (χ1n) is 7.40. The van der Waals surface area contributed by atoms with E-state index in [-0.39, 0.29) is 12.3 Å². The molecule has 122 valence electrons. The highest BCUT2D eigenvalue weighted by atomic mass is 35.5. The van der Waals surface area contributed by atoms with E-state index in [1.165, 1.54) is 4.80 Å². The maximum atomic E-state index is 11.9. The minimum Gasteiger partial charge on any atom is -0.352 e. The molecule has 0 aliphatic heterocycles. The SMILES string of the molecule is O=C(CCn1nnc(-c2ccc(Cl)cc2)n1)NCc1cccnc1. The molecule has 1 N–H and O–H groups in total. The van der Waals surface area contributed by atoms with E-state index in [2.05, 4.69) is 25.7 Å². The molecule has 0 aliphatic rings. The third-order valence-electron chi connectivity index (χ3n) is 3.31. The van der Waals surface area contributed by atoms with Gasteiger partial charge in [-0.2, -0.15) is 4.80 Å². The summed E-state index contributed by atoms with van der Waals surface area (Å²) >= 11 is 5.85. The van der Waals surface area contributed by atoms with Crippen molar-refractivity contribution < 1.29 is 4.79 Å².